The van der Waals surface area contributed by atoms with E-state index in [1.165, 1.54) is 38.2 Å². The predicted octanol–water partition coefficient (Wildman–Crippen LogP) is 1.37. The van der Waals surface area contributed by atoms with Crippen molar-refractivity contribution in [3.05, 3.63) is 24.5 Å². The molecule has 3 nitrogen and oxygen atoms in total. The van der Waals surface area contributed by atoms with Crippen LogP contribution >= 0.6 is 0 Å². The molecule has 1 aromatic heterocycles. The Bertz CT molecular complexity index is 325. The first-order valence-corrected chi connectivity index (χ1v) is 5.82. The van der Waals surface area contributed by atoms with Crippen molar-refractivity contribution < 1.29 is 0 Å². The van der Waals surface area contributed by atoms with Crippen LogP contribution in [-0.4, -0.2) is 42.1 Å². The Kier molecular flexibility index (Phi) is 2.33. The number of rotatable bonds is 1. The van der Waals surface area contributed by atoms with Gasteiger partial charge in [-0.3, -0.25) is 9.88 Å². The van der Waals surface area contributed by atoms with Gasteiger partial charge >= 0.3 is 0 Å². The highest BCUT2D eigenvalue weighted by Gasteiger charge is 2.29. The first kappa shape index (κ1) is 9.16. The second kappa shape index (κ2) is 3.81. The van der Waals surface area contributed by atoms with Gasteiger partial charge in [-0.1, -0.05) is 0 Å². The van der Waals surface area contributed by atoms with E-state index >= 15 is 0 Å². The summed E-state index contributed by atoms with van der Waals surface area (Å²) in [7, 11) is 0. The first-order valence-electron chi connectivity index (χ1n) is 5.82. The third-order valence-electron chi connectivity index (χ3n) is 3.56. The van der Waals surface area contributed by atoms with Crippen molar-refractivity contribution in [3.8, 4) is 0 Å². The molecule has 3 heteroatoms. The summed E-state index contributed by atoms with van der Waals surface area (Å²) >= 11 is 0. The van der Waals surface area contributed by atoms with Gasteiger partial charge in [0.2, 0.25) is 0 Å². The zero-order valence-electron chi connectivity index (χ0n) is 8.97. The van der Waals surface area contributed by atoms with Crippen LogP contribution in [0.2, 0.25) is 0 Å². The van der Waals surface area contributed by atoms with Gasteiger partial charge in [0.15, 0.2) is 0 Å². The van der Waals surface area contributed by atoms with E-state index in [0.717, 1.165) is 12.6 Å². The Labute approximate surface area is 90.7 Å². The molecule has 2 aliphatic rings. The van der Waals surface area contributed by atoms with E-state index in [0.29, 0.717) is 0 Å². The molecule has 1 aromatic rings. The predicted molar refractivity (Wildman–Crippen MR) is 61.0 cm³/mol. The Balaban J connectivity index is 1.81. The van der Waals surface area contributed by atoms with Gasteiger partial charge in [0.1, 0.15) is 0 Å². The molecule has 2 atom stereocenters. The summed E-state index contributed by atoms with van der Waals surface area (Å²) in [5.41, 5.74) is 1.30. The Hall–Kier alpha value is -1.09. The van der Waals surface area contributed by atoms with Gasteiger partial charge in [-0.05, 0) is 31.5 Å². The highest BCUT2D eigenvalue weighted by atomic mass is 15.3. The lowest BCUT2D eigenvalue weighted by Gasteiger charge is -2.46. The number of piperazine rings is 1. The van der Waals surface area contributed by atoms with Crippen LogP contribution in [-0.2, 0) is 0 Å². The van der Waals surface area contributed by atoms with Crippen molar-refractivity contribution >= 4 is 5.69 Å². The van der Waals surface area contributed by atoms with E-state index in [4.69, 9.17) is 0 Å². The number of anilines is 1. The van der Waals surface area contributed by atoms with Crippen LogP contribution < -0.4 is 4.90 Å². The van der Waals surface area contributed by atoms with Gasteiger partial charge in [-0.25, -0.2) is 0 Å². The summed E-state index contributed by atoms with van der Waals surface area (Å²) < 4.78 is 0. The highest BCUT2D eigenvalue weighted by molar-refractivity contribution is 5.45. The lowest BCUT2D eigenvalue weighted by molar-refractivity contribution is 0.174. The average Bonchev–Trinajstić information content (AvgIpc) is 2.31. The fourth-order valence-electron chi connectivity index (χ4n) is 2.78. The Morgan fingerprint density at radius 2 is 2.27 bits per heavy atom. The van der Waals surface area contributed by atoms with Crippen molar-refractivity contribution in [2.75, 3.05) is 31.1 Å². The third-order valence-corrected chi connectivity index (χ3v) is 3.56. The van der Waals surface area contributed by atoms with Gasteiger partial charge in [0.05, 0.1) is 11.9 Å². The quantitative estimate of drug-likeness (QED) is 0.687. The minimum Gasteiger partial charge on any atom is -0.365 e. The van der Waals surface area contributed by atoms with Crippen molar-refractivity contribution in [1.82, 2.24) is 9.88 Å². The first-order chi connectivity index (χ1) is 7.43. The number of hydrogen-bond acceptors (Lipinski definition) is 3. The van der Waals surface area contributed by atoms with Crippen LogP contribution in [0.3, 0.4) is 0 Å². The molecule has 0 aromatic carbocycles. The summed E-state index contributed by atoms with van der Waals surface area (Å²) in [6, 6.07) is 4.93. The molecule has 15 heavy (non-hydrogen) atoms. The van der Waals surface area contributed by atoms with Crippen LogP contribution in [0.4, 0.5) is 5.69 Å². The summed E-state index contributed by atoms with van der Waals surface area (Å²) in [4.78, 5) is 9.33. The molecule has 3 rings (SSSR count). The fraction of sp³-hybridized carbons (Fsp3) is 0.583. The molecule has 0 saturated carbocycles. The molecule has 0 aliphatic carbocycles. The fourth-order valence-corrected chi connectivity index (χ4v) is 2.78. The SMILES string of the molecule is c1cncc(N2CCN3CCCC2C3)c1. The normalized spacial score (nSPS) is 30.3. The smallest absolute Gasteiger partial charge is 0.0556 e. The Morgan fingerprint density at radius 1 is 1.27 bits per heavy atom. The van der Waals surface area contributed by atoms with Gasteiger partial charge in [-0.2, -0.15) is 0 Å². The van der Waals surface area contributed by atoms with E-state index in [1.54, 1.807) is 0 Å². The van der Waals surface area contributed by atoms with E-state index < -0.39 is 0 Å². The summed E-state index contributed by atoms with van der Waals surface area (Å²) in [6.45, 7) is 4.92. The lowest BCUT2D eigenvalue weighted by Crippen LogP contribution is -2.56. The molecule has 2 fully saturated rings. The van der Waals surface area contributed by atoms with Gasteiger partial charge in [0.25, 0.3) is 0 Å². The number of aromatic nitrogens is 1. The van der Waals surface area contributed by atoms with Crippen molar-refractivity contribution in [1.29, 1.82) is 0 Å². The van der Waals surface area contributed by atoms with Crippen LogP contribution in [0.15, 0.2) is 24.5 Å². The maximum Gasteiger partial charge on any atom is 0.0556 e. The highest BCUT2D eigenvalue weighted by Crippen LogP contribution is 2.25. The van der Waals surface area contributed by atoms with Crippen LogP contribution in [0.5, 0.6) is 0 Å². The molecule has 3 heterocycles. The van der Waals surface area contributed by atoms with Crippen molar-refractivity contribution in [3.63, 3.8) is 0 Å². The molecule has 80 valence electrons. The minimum absolute atomic E-state index is 0.719. The minimum atomic E-state index is 0.719. The van der Waals surface area contributed by atoms with E-state index in [2.05, 4.69) is 20.9 Å². The molecule has 0 spiro atoms. The van der Waals surface area contributed by atoms with Crippen molar-refractivity contribution in [2.24, 2.45) is 0 Å². The lowest BCUT2D eigenvalue weighted by atomic mass is 10.0. The van der Waals surface area contributed by atoms with E-state index in [9.17, 15) is 0 Å². The number of nitrogens with zero attached hydrogens (tertiary/aromatic N) is 3. The molecule has 0 N–H and O–H groups in total. The topological polar surface area (TPSA) is 19.4 Å². The van der Waals surface area contributed by atoms with Gasteiger partial charge in [0, 0.05) is 31.9 Å². The Morgan fingerprint density at radius 3 is 3.13 bits per heavy atom. The van der Waals surface area contributed by atoms with Crippen LogP contribution in [0.25, 0.3) is 0 Å². The maximum atomic E-state index is 4.21. The summed E-state index contributed by atoms with van der Waals surface area (Å²) in [5, 5.41) is 0. The standard InChI is InChI=1S/C12H17N3/c1-3-11(9-13-5-1)15-8-7-14-6-2-4-12(15)10-14/h1,3,5,9,12H,2,4,6-8,10H2. The molecular weight excluding hydrogens is 186 g/mol. The largest absolute Gasteiger partial charge is 0.365 e. The molecule has 2 aliphatic heterocycles. The second-order valence-electron chi connectivity index (χ2n) is 4.50. The number of hydrogen-bond donors (Lipinski definition) is 0. The third kappa shape index (κ3) is 1.72. The monoisotopic (exact) mass is 203 g/mol. The van der Waals surface area contributed by atoms with E-state index in [1.807, 2.05) is 18.5 Å². The van der Waals surface area contributed by atoms with Gasteiger partial charge < -0.3 is 4.90 Å². The zero-order valence-corrected chi connectivity index (χ0v) is 8.97. The zero-order chi connectivity index (χ0) is 10.1. The van der Waals surface area contributed by atoms with Crippen LogP contribution in [0.1, 0.15) is 12.8 Å². The summed E-state index contributed by atoms with van der Waals surface area (Å²) in [5.74, 6) is 0. The van der Waals surface area contributed by atoms with E-state index in [-0.39, 0.29) is 0 Å². The molecule has 2 saturated heterocycles. The molecule has 2 unspecified atom stereocenters. The summed E-state index contributed by atoms with van der Waals surface area (Å²) in [6.07, 6.45) is 6.53. The molecule has 2 bridgehead atoms. The number of fused-ring (bicyclic) bond motifs is 2. The number of piperidine rings is 1. The van der Waals surface area contributed by atoms with Crippen LogP contribution in [0, 0.1) is 0 Å². The van der Waals surface area contributed by atoms with Gasteiger partial charge in [-0.15, -0.1) is 0 Å². The number of pyridine rings is 1. The molecule has 0 radical (unpaired) electrons. The average molecular weight is 203 g/mol. The maximum absolute atomic E-state index is 4.21. The molecular formula is C12H17N3. The van der Waals surface area contributed by atoms with Crippen molar-refractivity contribution in [2.45, 2.75) is 18.9 Å². The second-order valence-corrected chi connectivity index (χ2v) is 4.50. The molecule has 0 amide bonds.